The molecule has 1 N–H and O–H groups in total. The van der Waals surface area contributed by atoms with Crippen molar-refractivity contribution in [2.24, 2.45) is 10.4 Å². The third kappa shape index (κ3) is 4.79. The van der Waals surface area contributed by atoms with Crippen LogP contribution in [0.1, 0.15) is 54.4 Å². The van der Waals surface area contributed by atoms with Gasteiger partial charge in [-0.3, -0.25) is 14.6 Å². The topological polar surface area (TPSA) is 107 Å². The van der Waals surface area contributed by atoms with E-state index in [4.69, 9.17) is 9.42 Å². The standard InChI is InChI=1S/C32H36BrN3O5SSi/c1-19-7-9-22(10-8-19)42(39,40)36-17-20-12-14-34-27-25(20)29(36)30(38)28-26(27)32(13-11-24(37)23(33)16-32)15-21(35-28)18-41-43(5,6)31(2,3)4/h7-11,13,16-17,21,35H,12,14-15,18H2,1-6H3. The number of carbonyl (C=O) groups excluding carboxylic acids is 2. The molecule has 3 heterocycles. The lowest BCUT2D eigenvalue weighted by Crippen LogP contribution is -2.52. The molecule has 2 aliphatic carbocycles. The molecule has 4 aliphatic rings. The molecule has 0 saturated heterocycles. The van der Waals surface area contributed by atoms with Crippen LogP contribution in [0.15, 0.2) is 74.3 Å². The van der Waals surface area contributed by atoms with Crippen LogP contribution in [0, 0.1) is 12.3 Å². The number of aliphatic imine (C=N–C) groups is 1. The molecule has 2 atom stereocenters. The Bertz CT molecular complexity index is 1810. The Morgan fingerprint density at radius 3 is 2.53 bits per heavy atom. The van der Waals surface area contributed by atoms with Crippen LogP contribution in [-0.4, -0.2) is 57.2 Å². The van der Waals surface area contributed by atoms with E-state index in [0.29, 0.717) is 53.0 Å². The molecule has 226 valence electrons. The van der Waals surface area contributed by atoms with Crippen LogP contribution < -0.4 is 5.32 Å². The molecule has 0 fully saturated rings. The Morgan fingerprint density at radius 1 is 1.19 bits per heavy atom. The number of aryl methyl sites for hydroxylation is 1. The normalized spacial score (nSPS) is 23.6. The summed E-state index contributed by atoms with van der Waals surface area (Å²) in [6.45, 7) is 13.6. The molecule has 2 unspecified atom stereocenters. The van der Waals surface area contributed by atoms with Crippen molar-refractivity contribution in [3.8, 4) is 0 Å². The number of Topliss-reactive ketones (excluding diaryl/α,β-unsaturated/α-hetero) is 1. The minimum Gasteiger partial charge on any atom is -0.415 e. The molecular formula is C32H36BrN3O5SSi. The predicted molar refractivity (Wildman–Crippen MR) is 173 cm³/mol. The molecule has 0 radical (unpaired) electrons. The van der Waals surface area contributed by atoms with Crippen LogP contribution in [0.3, 0.4) is 0 Å². The van der Waals surface area contributed by atoms with Gasteiger partial charge in [-0.1, -0.05) is 50.6 Å². The zero-order valence-corrected chi connectivity index (χ0v) is 28.6. The highest BCUT2D eigenvalue weighted by atomic mass is 79.9. The zero-order chi connectivity index (χ0) is 31.1. The van der Waals surface area contributed by atoms with Crippen LogP contribution in [0.5, 0.6) is 0 Å². The number of halogens is 1. The molecule has 1 aromatic carbocycles. The summed E-state index contributed by atoms with van der Waals surface area (Å²) in [6.07, 6.45) is 7.93. The van der Waals surface area contributed by atoms with E-state index in [2.05, 4.69) is 55.1 Å². The fourth-order valence-corrected chi connectivity index (χ4v) is 9.03. The van der Waals surface area contributed by atoms with Gasteiger partial charge in [0.15, 0.2) is 14.1 Å². The number of allylic oxidation sites excluding steroid dienone is 6. The molecule has 0 bridgehead atoms. The van der Waals surface area contributed by atoms with E-state index >= 15 is 0 Å². The monoisotopic (exact) mass is 681 g/mol. The van der Waals surface area contributed by atoms with Gasteiger partial charge in [-0.25, -0.2) is 12.4 Å². The zero-order valence-electron chi connectivity index (χ0n) is 25.2. The Balaban J connectivity index is 1.51. The van der Waals surface area contributed by atoms with Crippen molar-refractivity contribution in [3.63, 3.8) is 0 Å². The largest absolute Gasteiger partial charge is 0.415 e. The minimum atomic E-state index is -4.07. The first-order chi connectivity index (χ1) is 20.1. The third-order valence-electron chi connectivity index (χ3n) is 9.45. The molecular weight excluding hydrogens is 646 g/mol. The number of hydrogen-bond donors (Lipinski definition) is 1. The molecule has 1 aromatic heterocycles. The highest BCUT2D eigenvalue weighted by Gasteiger charge is 2.51. The van der Waals surface area contributed by atoms with E-state index in [9.17, 15) is 18.0 Å². The van der Waals surface area contributed by atoms with E-state index in [1.54, 1.807) is 36.5 Å². The molecule has 2 aromatic rings. The van der Waals surface area contributed by atoms with Gasteiger partial charge in [0.25, 0.3) is 10.0 Å². The number of fused-ring (bicyclic) bond motifs is 2. The van der Waals surface area contributed by atoms with Crippen LogP contribution in [-0.2, 0) is 25.7 Å². The number of ketones is 2. The number of benzene rings is 1. The lowest BCUT2D eigenvalue weighted by Gasteiger charge is -2.45. The van der Waals surface area contributed by atoms with Crippen LogP contribution in [0.4, 0.5) is 0 Å². The number of nitrogens with one attached hydrogen (secondary N) is 1. The van der Waals surface area contributed by atoms with Crippen molar-refractivity contribution in [2.45, 2.75) is 69.6 Å². The highest BCUT2D eigenvalue weighted by Crippen LogP contribution is 2.50. The lowest BCUT2D eigenvalue weighted by atomic mass is 9.65. The van der Waals surface area contributed by atoms with Gasteiger partial charge >= 0.3 is 0 Å². The third-order valence-corrected chi connectivity index (χ3v) is 16.2. The van der Waals surface area contributed by atoms with Crippen LogP contribution in [0.2, 0.25) is 18.1 Å². The molecule has 6 rings (SSSR count). The maximum atomic E-state index is 14.6. The Hall–Kier alpha value is -2.86. The Morgan fingerprint density at radius 2 is 1.88 bits per heavy atom. The second kappa shape index (κ2) is 10.1. The molecule has 8 nitrogen and oxygen atoms in total. The highest BCUT2D eigenvalue weighted by molar-refractivity contribution is 9.12. The van der Waals surface area contributed by atoms with Gasteiger partial charge < -0.3 is 9.74 Å². The summed E-state index contributed by atoms with van der Waals surface area (Å²) in [4.78, 5) is 32.1. The first-order valence-corrected chi connectivity index (χ1v) is 19.6. The van der Waals surface area contributed by atoms with Crippen LogP contribution in [0.25, 0.3) is 0 Å². The summed E-state index contributed by atoms with van der Waals surface area (Å²) in [5.41, 5.74) is 3.16. The van der Waals surface area contributed by atoms with E-state index < -0.39 is 29.5 Å². The number of hydrogen-bond acceptors (Lipinski definition) is 7. The van der Waals surface area contributed by atoms with Gasteiger partial charge in [0.1, 0.15) is 5.69 Å². The summed E-state index contributed by atoms with van der Waals surface area (Å²) in [5, 5.41) is 3.46. The molecule has 0 amide bonds. The number of rotatable bonds is 5. The average Bonchev–Trinajstić information content (AvgIpc) is 3.34. The van der Waals surface area contributed by atoms with E-state index in [1.807, 2.05) is 19.1 Å². The van der Waals surface area contributed by atoms with E-state index in [1.165, 1.54) is 0 Å². The summed E-state index contributed by atoms with van der Waals surface area (Å²) < 4.78 is 36.1. The second-order valence-electron chi connectivity index (χ2n) is 13.4. The summed E-state index contributed by atoms with van der Waals surface area (Å²) in [5.74, 6) is -0.552. The first-order valence-electron chi connectivity index (χ1n) is 14.5. The van der Waals surface area contributed by atoms with Crippen molar-refractivity contribution in [3.05, 3.63) is 86.8 Å². The number of nitrogens with zero attached hydrogens (tertiary/aromatic N) is 2. The maximum absolute atomic E-state index is 14.6. The summed E-state index contributed by atoms with van der Waals surface area (Å²) in [6, 6.07) is 6.36. The smallest absolute Gasteiger partial charge is 0.268 e. The van der Waals surface area contributed by atoms with E-state index in [0.717, 1.165) is 15.1 Å². The fraction of sp³-hybridized carbons (Fsp3) is 0.406. The van der Waals surface area contributed by atoms with Gasteiger partial charge in [-0.15, -0.1) is 0 Å². The lowest BCUT2D eigenvalue weighted by molar-refractivity contribution is -0.110. The molecule has 11 heteroatoms. The molecule has 0 saturated carbocycles. The second-order valence-corrected chi connectivity index (χ2v) is 20.9. The van der Waals surface area contributed by atoms with Crippen molar-refractivity contribution in [2.75, 3.05) is 13.2 Å². The fourth-order valence-electron chi connectivity index (χ4n) is 6.05. The predicted octanol–water partition coefficient (Wildman–Crippen LogP) is 5.62. The quantitative estimate of drug-likeness (QED) is 0.411. The molecule has 2 aliphatic heterocycles. The SMILES string of the molecule is Cc1ccc(S(=O)(=O)n2cc3c4c2C(=O)C2=C(C4=NCC3)C3(C=CC(=O)C(Br)=C3)CC(CO[Si](C)(C)C(C)(C)C)N2)cc1. The number of carbonyl (C=O) groups is 2. The molecule has 1 spiro atoms. The Kier molecular flexibility index (Phi) is 7.08. The maximum Gasteiger partial charge on any atom is 0.268 e. The van der Waals surface area contributed by atoms with Gasteiger partial charge in [0, 0.05) is 35.3 Å². The van der Waals surface area contributed by atoms with Crippen molar-refractivity contribution in [1.29, 1.82) is 0 Å². The Labute approximate surface area is 262 Å². The van der Waals surface area contributed by atoms with Gasteiger partial charge in [-0.05, 0) is 77.6 Å². The summed E-state index contributed by atoms with van der Waals surface area (Å²) in [7, 11) is -6.19. The molecule has 43 heavy (non-hydrogen) atoms. The van der Waals surface area contributed by atoms with Crippen LogP contribution >= 0.6 is 15.9 Å². The number of aromatic nitrogens is 1. The van der Waals surface area contributed by atoms with Crippen molar-refractivity contribution >= 4 is 51.5 Å². The first kappa shape index (κ1) is 30.2. The van der Waals surface area contributed by atoms with Crippen molar-refractivity contribution < 1.29 is 22.4 Å². The van der Waals surface area contributed by atoms with Gasteiger partial charge in [0.2, 0.25) is 5.78 Å². The van der Waals surface area contributed by atoms with E-state index in [-0.39, 0.29) is 27.5 Å². The van der Waals surface area contributed by atoms with Gasteiger partial charge in [-0.2, -0.15) is 0 Å². The minimum absolute atomic E-state index is 0.00215. The van der Waals surface area contributed by atoms with Gasteiger partial charge in [0.05, 0.1) is 27.4 Å². The average molecular weight is 683 g/mol. The summed E-state index contributed by atoms with van der Waals surface area (Å²) >= 11 is 3.46. The van der Waals surface area contributed by atoms with Crippen molar-refractivity contribution in [1.82, 2.24) is 9.29 Å².